The number of benzene rings is 1. The van der Waals surface area contributed by atoms with Gasteiger partial charge in [-0.15, -0.1) is 0 Å². The summed E-state index contributed by atoms with van der Waals surface area (Å²) >= 11 is 7.63. The van der Waals surface area contributed by atoms with Crippen LogP contribution in [0.5, 0.6) is 0 Å². The molecule has 1 aromatic heterocycles. The van der Waals surface area contributed by atoms with Gasteiger partial charge in [-0.05, 0) is 51.2 Å². The van der Waals surface area contributed by atoms with Gasteiger partial charge in [0.15, 0.2) is 5.82 Å². The summed E-state index contributed by atoms with van der Waals surface area (Å²) in [5, 5.41) is 4.37. The Morgan fingerprint density at radius 1 is 1.28 bits per heavy atom. The molecule has 0 saturated carbocycles. The second-order valence-electron chi connectivity index (χ2n) is 6.41. The number of nitrogens with zero attached hydrogens (tertiary/aromatic N) is 4. The van der Waals surface area contributed by atoms with Crippen molar-refractivity contribution in [3.8, 4) is 0 Å². The number of rotatable bonds is 3. The molecule has 0 amide bonds. The van der Waals surface area contributed by atoms with Crippen molar-refractivity contribution in [2.75, 3.05) is 36.2 Å². The van der Waals surface area contributed by atoms with Crippen LogP contribution in [0.2, 0.25) is 5.02 Å². The van der Waals surface area contributed by atoms with E-state index >= 15 is 0 Å². The first-order valence-electron chi connectivity index (χ1n) is 8.27. The number of hydrogen-bond acceptors (Lipinski definition) is 6. The van der Waals surface area contributed by atoms with Crippen LogP contribution in [-0.2, 0) is 0 Å². The van der Waals surface area contributed by atoms with E-state index < -0.39 is 5.82 Å². The molecular weight excluding hydrogens is 361 g/mol. The summed E-state index contributed by atoms with van der Waals surface area (Å²) in [7, 11) is 2.16. The highest BCUT2D eigenvalue weighted by atomic mass is 35.5. The maximum absolute atomic E-state index is 13.4. The molecule has 0 spiro atoms. The molecule has 8 heteroatoms. The van der Waals surface area contributed by atoms with Crippen molar-refractivity contribution < 1.29 is 4.39 Å². The van der Waals surface area contributed by atoms with Gasteiger partial charge in [0, 0.05) is 11.7 Å². The number of hydrogen-bond donors (Lipinski definition) is 1. The average molecular weight is 380 g/mol. The normalized spacial score (nSPS) is 18.4. The molecule has 2 aliphatic heterocycles. The van der Waals surface area contributed by atoms with Crippen molar-refractivity contribution in [1.82, 2.24) is 14.9 Å². The van der Waals surface area contributed by atoms with Crippen LogP contribution in [0.1, 0.15) is 12.8 Å². The topological polar surface area (TPSA) is 44.3 Å². The van der Waals surface area contributed by atoms with Gasteiger partial charge >= 0.3 is 0 Å². The van der Waals surface area contributed by atoms with Gasteiger partial charge in [0.25, 0.3) is 0 Å². The molecule has 2 aliphatic rings. The fourth-order valence-electron chi connectivity index (χ4n) is 3.32. The first-order chi connectivity index (χ1) is 12.1. The lowest BCUT2D eigenvalue weighted by molar-refractivity contribution is 0.252. The van der Waals surface area contributed by atoms with Gasteiger partial charge in [0.1, 0.15) is 22.9 Å². The van der Waals surface area contributed by atoms with E-state index in [1.807, 2.05) is 0 Å². The van der Waals surface area contributed by atoms with Gasteiger partial charge in [-0.1, -0.05) is 23.4 Å². The summed E-state index contributed by atoms with van der Waals surface area (Å²) in [5.41, 5.74) is 1.76. The van der Waals surface area contributed by atoms with Gasteiger partial charge in [-0.25, -0.2) is 14.4 Å². The predicted octanol–water partition coefficient (Wildman–Crippen LogP) is 3.98. The lowest BCUT2D eigenvalue weighted by Gasteiger charge is -2.36. The minimum absolute atomic E-state index is 0.0947. The van der Waals surface area contributed by atoms with Crippen LogP contribution in [0, 0.1) is 5.82 Å². The molecule has 5 nitrogen and oxygen atoms in total. The van der Waals surface area contributed by atoms with Crippen LogP contribution in [0.15, 0.2) is 29.6 Å². The number of anilines is 3. The van der Waals surface area contributed by atoms with Gasteiger partial charge < -0.3 is 15.1 Å². The zero-order valence-corrected chi connectivity index (χ0v) is 15.4. The fraction of sp³-hybridized carbons (Fsp3) is 0.412. The molecule has 132 valence electrons. The zero-order chi connectivity index (χ0) is 17.4. The Hall–Kier alpha value is -1.57. The third kappa shape index (κ3) is 3.41. The number of halogens is 2. The Morgan fingerprint density at radius 3 is 2.84 bits per heavy atom. The van der Waals surface area contributed by atoms with E-state index in [9.17, 15) is 4.39 Å². The van der Waals surface area contributed by atoms with Crippen LogP contribution >= 0.6 is 23.4 Å². The van der Waals surface area contributed by atoms with E-state index in [2.05, 4.69) is 32.1 Å². The molecule has 1 fully saturated rings. The maximum Gasteiger partial charge on any atom is 0.158 e. The van der Waals surface area contributed by atoms with Gasteiger partial charge in [0.2, 0.25) is 0 Å². The van der Waals surface area contributed by atoms with Crippen molar-refractivity contribution in [2.45, 2.75) is 23.9 Å². The third-order valence-electron chi connectivity index (χ3n) is 4.73. The maximum atomic E-state index is 13.4. The fourth-order valence-corrected chi connectivity index (χ4v) is 4.57. The van der Waals surface area contributed by atoms with E-state index in [0.717, 1.165) is 48.3 Å². The molecule has 2 aromatic rings. The molecule has 0 aliphatic carbocycles. The summed E-state index contributed by atoms with van der Waals surface area (Å²) in [4.78, 5) is 13.6. The van der Waals surface area contributed by atoms with E-state index in [4.69, 9.17) is 11.6 Å². The van der Waals surface area contributed by atoms with Gasteiger partial charge in [-0.2, -0.15) is 0 Å². The van der Waals surface area contributed by atoms with E-state index in [-0.39, 0.29) is 5.02 Å². The van der Waals surface area contributed by atoms with Crippen molar-refractivity contribution in [3.63, 3.8) is 0 Å². The molecule has 0 radical (unpaired) electrons. The first-order valence-corrected chi connectivity index (χ1v) is 9.63. The highest BCUT2D eigenvalue weighted by Gasteiger charge is 2.32. The molecule has 3 heterocycles. The molecule has 25 heavy (non-hydrogen) atoms. The van der Waals surface area contributed by atoms with Crippen LogP contribution in [-0.4, -0.2) is 46.9 Å². The summed E-state index contributed by atoms with van der Waals surface area (Å²) < 4.78 is 13.4. The molecule has 1 saturated heterocycles. The number of fused-ring (bicyclic) bond motifs is 1. The van der Waals surface area contributed by atoms with Crippen molar-refractivity contribution in [1.29, 1.82) is 0 Å². The second kappa shape index (κ2) is 6.97. The first kappa shape index (κ1) is 16.9. The lowest BCUT2D eigenvalue weighted by Crippen LogP contribution is -2.42. The Balaban J connectivity index is 1.62. The third-order valence-corrected chi connectivity index (χ3v) is 6.00. The predicted molar refractivity (Wildman–Crippen MR) is 100 cm³/mol. The summed E-state index contributed by atoms with van der Waals surface area (Å²) in [5.74, 6) is 1.21. The molecular formula is C17H19ClFN5S. The van der Waals surface area contributed by atoms with Crippen molar-refractivity contribution in [2.24, 2.45) is 0 Å². The molecule has 1 aromatic carbocycles. The lowest BCUT2D eigenvalue weighted by atomic mass is 10.0. The van der Waals surface area contributed by atoms with Crippen LogP contribution in [0.3, 0.4) is 0 Å². The Morgan fingerprint density at radius 2 is 2.08 bits per heavy atom. The largest absolute Gasteiger partial charge is 0.354 e. The quantitative estimate of drug-likeness (QED) is 0.814. The Kier molecular flexibility index (Phi) is 4.71. The van der Waals surface area contributed by atoms with E-state index in [1.165, 1.54) is 6.07 Å². The molecule has 0 bridgehead atoms. The number of piperidine rings is 1. The van der Waals surface area contributed by atoms with Gasteiger partial charge in [-0.3, -0.25) is 0 Å². The van der Waals surface area contributed by atoms with Crippen LogP contribution in [0.25, 0.3) is 0 Å². The van der Waals surface area contributed by atoms with Gasteiger partial charge in [0.05, 0.1) is 10.9 Å². The van der Waals surface area contributed by atoms with E-state index in [0.29, 0.717) is 11.7 Å². The highest BCUT2D eigenvalue weighted by molar-refractivity contribution is 7.99. The Bertz CT molecular complexity index is 782. The summed E-state index contributed by atoms with van der Waals surface area (Å²) in [6.07, 6.45) is 3.83. The van der Waals surface area contributed by atoms with E-state index in [1.54, 1.807) is 30.2 Å². The number of thioether (sulfide) groups is 1. The smallest absolute Gasteiger partial charge is 0.158 e. The van der Waals surface area contributed by atoms with Crippen molar-refractivity contribution in [3.05, 3.63) is 35.4 Å². The van der Waals surface area contributed by atoms with Crippen LogP contribution in [0.4, 0.5) is 21.6 Å². The van der Waals surface area contributed by atoms with Crippen molar-refractivity contribution >= 4 is 40.6 Å². The Labute approximate surface area is 155 Å². The summed E-state index contributed by atoms with van der Waals surface area (Å²) in [6.45, 7) is 2.20. The average Bonchev–Trinajstić information content (AvgIpc) is 3.04. The number of nitrogens with one attached hydrogen (secondary N) is 1. The standard InChI is InChI=1S/C17H19ClFN5S/c1-23-6-4-12(5-7-23)24-10-25-17-15(24)16(20-9-21-17)22-11-2-3-14(19)13(18)8-11/h2-3,8-9,12H,4-7,10H2,1H3,(H,20,21,22). The molecule has 4 rings (SSSR count). The summed E-state index contributed by atoms with van der Waals surface area (Å²) in [6, 6.07) is 5.09. The number of aromatic nitrogens is 2. The molecule has 1 N–H and O–H groups in total. The second-order valence-corrected chi connectivity index (χ2v) is 7.75. The SMILES string of the molecule is CN1CCC(N2CSc3ncnc(Nc4ccc(F)c(Cl)c4)c32)CC1. The zero-order valence-electron chi connectivity index (χ0n) is 13.9. The minimum atomic E-state index is -0.427. The number of likely N-dealkylation sites (tertiary alicyclic amines) is 1. The minimum Gasteiger partial charge on any atom is -0.354 e. The van der Waals surface area contributed by atoms with Crippen LogP contribution < -0.4 is 10.2 Å². The molecule has 0 unspecified atom stereocenters. The highest BCUT2D eigenvalue weighted by Crippen LogP contribution is 2.44. The monoisotopic (exact) mass is 379 g/mol. The molecule has 0 atom stereocenters.